The molecule has 0 fully saturated rings. The normalized spacial score (nSPS) is 15.2. The largest absolute Gasteiger partial charge is 0.493 e. The van der Waals surface area contributed by atoms with Crippen LogP contribution in [0.3, 0.4) is 0 Å². The van der Waals surface area contributed by atoms with Crippen molar-refractivity contribution in [1.29, 1.82) is 0 Å². The van der Waals surface area contributed by atoms with E-state index >= 15 is 0 Å². The first kappa shape index (κ1) is 21.6. The van der Waals surface area contributed by atoms with Crippen molar-refractivity contribution in [1.82, 2.24) is 9.78 Å². The third-order valence-corrected chi connectivity index (χ3v) is 5.97. The van der Waals surface area contributed by atoms with Gasteiger partial charge in [-0.25, -0.2) is 4.68 Å². The number of carbonyl (C=O) groups is 2. The fourth-order valence-corrected chi connectivity index (χ4v) is 4.21. The van der Waals surface area contributed by atoms with Gasteiger partial charge in [-0.1, -0.05) is 12.1 Å². The molecule has 1 amide bonds. The number of fused-ring (bicyclic) bond motifs is 1. The number of hydrogen-bond donors (Lipinski definition) is 1. The molecule has 2 heterocycles. The average molecular weight is 434 g/mol. The second-order valence-corrected chi connectivity index (χ2v) is 7.95. The summed E-state index contributed by atoms with van der Waals surface area (Å²) in [4.78, 5) is 26.2. The summed E-state index contributed by atoms with van der Waals surface area (Å²) in [6.45, 7) is 8.31. The van der Waals surface area contributed by atoms with Gasteiger partial charge in [0.2, 0.25) is 5.91 Å². The van der Waals surface area contributed by atoms with Crippen molar-refractivity contribution in [2.45, 2.75) is 40.0 Å². The molecular formula is C25H27N3O4. The molecule has 4 rings (SSSR count). The molecule has 0 spiro atoms. The van der Waals surface area contributed by atoms with Crippen LogP contribution in [0.2, 0.25) is 0 Å². The van der Waals surface area contributed by atoms with Gasteiger partial charge in [0.25, 0.3) is 0 Å². The van der Waals surface area contributed by atoms with Gasteiger partial charge in [0.1, 0.15) is 5.82 Å². The minimum Gasteiger partial charge on any atom is -0.493 e. The summed E-state index contributed by atoms with van der Waals surface area (Å²) >= 11 is 0. The van der Waals surface area contributed by atoms with E-state index in [1.165, 1.54) is 7.11 Å². The average Bonchev–Trinajstić information content (AvgIpc) is 3.11. The van der Waals surface area contributed by atoms with Gasteiger partial charge in [-0.15, -0.1) is 0 Å². The number of ether oxygens (including phenoxy) is 2. The van der Waals surface area contributed by atoms with Crippen LogP contribution in [0, 0.1) is 20.8 Å². The van der Waals surface area contributed by atoms with Gasteiger partial charge in [-0.05, 0) is 63.1 Å². The van der Waals surface area contributed by atoms with E-state index < -0.39 is 5.92 Å². The predicted octanol–water partition coefficient (Wildman–Crippen LogP) is 4.51. The number of methoxy groups -OCH3 is 1. The number of benzene rings is 2. The molecule has 0 saturated heterocycles. The molecule has 1 aliphatic rings. The van der Waals surface area contributed by atoms with E-state index in [9.17, 15) is 9.59 Å². The predicted molar refractivity (Wildman–Crippen MR) is 122 cm³/mol. The Morgan fingerprint density at radius 2 is 1.97 bits per heavy atom. The lowest BCUT2D eigenvalue weighted by Crippen LogP contribution is -2.28. The van der Waals surface area contributed by atoms with E-state index in [1.807, 2.05) is 45.9 Å². The number of Topliss-reactive ketones (excluding diaryl/α,β-unsaturated/α-hetero) is 1. The highest BCUT2D eigenvalue weighted by molar-refractivity contribution is 6.08. The number of carbonyl (C=O) groups excluding carboxylic acids is 2. The molecule has 166 valence electrons. The Kier molecular flexibility index (Phi) is 5.74. The molecule has 0 saturated carbocycles. The molecule has 7 nitrogen and oxygen atoms in total. The molecule has 32 heavy (non-hydrogen) atoms. The Morgan fingerprint density at radius 3 is 2.69 bits per heavy atom. The molecule has 1 aliphatic heterocycles. The minimum absolute atomic E-state index is 0.0701. The molecule has 0 bridgehead atoms. The summed E-state index contributed by atoms with van der Waals surface area (Å²) in [6, 6.07) is 11.1. The van der Waals surface area contributed by atoms with Crippen molar-refractivity contribution >= 4 is 17.5 Å². The lowest BCUT2D eigenvalue weighted by Gasteiger charge is -2.24. The first-order valence-electron chi connectivity index (χ1n) is 10.7. The zero-order valence-electron chi connectivity index (χ0n) is 19.0. The summed E-state index contributed by atoms with van der Waals surface area (Å²) in [7, 11) is 1.54. The van der Waals surface area contributed by atoms with Gasteiger partial charge in [0.15, 0.2) is 17.3 Å². The van der Waals surface area contributed by atoms with E-state index in [2.05, 4.69) is 5.32 Å². The Balaban J connectivity index is 1.79. The lowest BCUT2D eigenvalue weighted by molar-refractivity contribution is -0.116. The number of anilines is 1. The van der Waals surface area contributed by atoms with Crippen LogP contribution in [0.4, 0.5) is 5.82 Å². The van der Waals surface area contributed by atoms with Crippen LogP contribution >= 0.6 is 0 Å². The number of aryl methyl sites for hydroxylation is 2. The highest BCUT2D eigenvalue weighted by Gasteiger charge is 2.36. The van der Waals surface area contributed by atoms with E-state index in [0.29, 0.717) is 29.5 Å². The zero-order chi connectivity index (χ0) is 23.0. The highest BCUT2D eigenvalue weighted by atomic mass is 16.5. The monoisotopic (exact) mass is 433 g/mol. The van der Waals surface area contributed by atoms with Crippen molar-refractivity contribution in [3.8, 4) is 17.2 Å². The fourth-order valence-electron chi connectivity index (χ4n) is 4.21. The summed E-state index contributed by atoms with van der Waals surface area (Å²) in [5, 5.41) is 7.65. The molecule has 0 unspecified atom stereocenters. The molecule has 7 heteroatoms. The second-order valence-electron chi connectivity index (χ2n) is 7.95. The van der Waals surface area contributed by atoms with Gasteiger partial charge >= 0.3 is 0 Å². The van der Waals surface area contributed by atoms with Crippen LogP contribution in [0.1, 0.15) is 52.0 Å². The van der Waals surface area contributed by atoms with Crippen LogP contribution in [-0.2, 0) is 4.79 Å². The Hall–Kier alpha value is -3.61. The first-order valence-corrected chi connectivity index (χ1v) is 10.7. The van der Waals surface area contributed by atoms with E-state index in [0.717, 1.165) is 28.1 Å². The van der Waals surface area contributed by atoms with E-state index in [4.69, 9.17) is 14.6 Å². The van der Waals surface area contributed by atoms with Gasteiger partial charge < -0.3 is 14.8 Å². The summed E-state index contributed by atoms with van der Waals surface area (Å²) in [5.41, 5.74) is 5.01. The Labute approximate surface area is 187 Å². The SMILES string of the molecule is CCOc1ccc(C(=O)[C@@H]2CC(=O)Nc3c2c(C)nn3-c2cccc(C)c2C)cc1OC. The molecule has 1 aromatic heterocycles. The third kappa shape index (κ3) is 3.64. The summed E-state index contributed by atoms with van der Waals surface area (Å²) in [5.74, 6) is 0.642. The van der Waals surface area contributed by atoms with Gasteiger partial charge in [-0.2, -0.15) is 5.10 Å². The number of aromatic nitrogens is 2. The lowest BCUT2D eigenvalue weighted by atomic mass is 9.85. The maximum Gasteiger partial charge on any atom is 0.226 e. The fraction of sp³-hybridized carbons (Fsp3) is 0.320. The molecule has 1 atom stereocenters. The minimum atomic E-state index is -0.625. The quantitative estimate of drug-likeness (QED) is 0.578. The topological polar surface area (TPSA) is 82.5 Å². The molecular weight excluding hydrogens is 406 g/mol. The molecule has 0 radical (unpaired) electrons. The van der Waals surface area contributed by atoms with Crippen molar-refractivity contribution in [2.24, 2.45) is 0 Å². The van der Waals surface area contributed by atoms with E-state index in [1.54, 1.807) is 22.9 Å². The van der Waals surface area contributed by atoms with Crippen molar-refractivity contribution < 1.29 is 19.1 Å². The molecule has 0 aliphatic carbocycles. The van der Waals surface area contributed by atoms with Crippen LogP contribution in [0.15, 0.2) is 36.4 Å². The maximum atomic E-state index is 13.6. The summed E-state index contributed by atoms with van der Waals surface area (Å²) < 4.78 is 12.7. The number of nitrogens with zero attached hydrogens (tertiary/aromatic N) is 2. The summed E-state index contributed by atoms with van der Waals surface area (Å²) in [6.07, 6.45) is 0.0701. The molecule has 3 aromatic rings. The van der Waals surface area contributed by atoms with Crippen LogP contribution < -0.4 is 14.8 Å². The van der Waals surface area contributed by atoms with Crippen molar-refractivity contribution in [3.63, 3.8) is 0 Å². The Morgan fingerprint density at radius 1 is 1.19 bits per heavy atom. The van der Waals surface area contributed by atoms with Crippen molar-refractivity contribution in [2.75, 3.05) is 19.0 Å². The van der Waals surface area contributed by atoms with E-state index in [-0.39, 0.29) is 18.1 Å². The number of rotatable bonds is 6. The number of amides is 1. The number of hydrogen-bond acceptors (Lipinski definition) is 5. The Bertz CT molecular complexity index is 1210. The zero-order valence-corrected chi connectivity index (χ0v) is 19.0. The number of ketones is 1. The van der Waals surface area contributed by atoms with Gasteiger partial charge in [0.05, 0.1) is 31.0 Å². The van der Waals surface area contributed by atoms with Crippen molar-refractivity contribution in [3.05, 3.63) is 64.3 Å². The smallest absolute Gasteiger partial charge is 0.226 e. The standard InChI is InChI=1S/C25H27N3O4/c1-6-32-20-11-10-17(12-21(20)31-5)24(30)18-13-22(29)26-25-23(18)16(4)27-28(25)19-9-7-8-14(2)15(19)3/h7-12,18H,6,13H2,1-5H3,(H,26,29)/t18-/m1/s1. The molecule has 1 N–H and O–H groups in total. The second kappa shape index (κ2) is 8.49. The van der Waals surface area contributed by atoms with Gasteiger partial charge in [0, 0.05) is 17.5 Å². The highest BCUT2D eigenvalue weighted by Crippen LogP contribution is 2.40. The third-order valence-electron chi connectivity index (χ3n) is 5.97. The van der Waals surface area contributed by atoms with Crippen LogP contribution in [0.25, 0.3) is 5.69 Å². The maximum absolute atomic E-state index is 13.6. The van der Waals surface area contributed by atoms with Crippen LogP contribution in [-0.4, -0.2) is 35.2 Å². The first-order chi connectivity index (χ1) is 15.3. The van der Waals surface area contributed by atoms with Crippen LogP contribution in [0.5, 0.6) is 11.5 Å². The van der Waals surface area contributed by atoms with Gasteiger partial charge in [-0.3, -0.25) is 9.59 Å². The molecule has 2 aromatic carbocycles. The number of nitrogens with one attached hydrogen (secondary N) is 1.